The van der Waals surface area contributed by atoms with Gasteiger partial charge in [0, 0.05) is 15.2 Å². The van der Waals surface area contributed by atoms with E-state index in [4.69, 9.17) is 4.74 Å². The molecule has 0 unspecified atom stereocenters. The zero-order valence-corrected chi connectivity index (χ0v) is 13.8. The summed E-state index contributed by atoms with van der Waals surface area (Å²) >= 11 is 7.17. The molecule has 1 fully saturated rings. The maximum Gasteiger partial charge on any atom is 0.0717 e. The fourth-order valence-corrected chi connectivity index (χ4v) is 3.80. The van der Waals surface area contributed by atoms with E-state index < -0.39 is 0 Å². The Morgan fingerprint density at radius 3 is 2.61 bits per heavy atom. The van der Waals surface area contributed by atoms with E-state index in [1.807, 2.05) is 6.07 Å². The molecule has 2 rings (SSSR count). The maximum atomic E-state index is 5.96. The molecular formula is C15H20Br2O. The third-order valence-electron chi connectivity index (χ3n) is 3.76. The van der Waals surface area contributed by atoms with Gasteiger partial charge in [0.15, 0.2) is 0 Å². The van der Waals surface area contributed by atoms with E-state index in [0.29, 0.717) is 12.0 Å². The summed E-state index contributed by atoms with van der Waals surface area (Å²) in [5, 5.41) is 1.07. The van der Waals surface area contributed by atoms with Crippen LogP contribution in [0, 0.1) is 5.41 Å². The molecule has 18 heavy (non-hydrogen) atoms. The molecule has 0 aromatic heterocycles. The molecule has 0 heterocycles. The highest BCUT2D eigenvalue weighted by molar-refractivity contribution is 9.10. The van der Waals surface area contributed by atoms with Crippen molar-refractivity contribution >= 4 is 31.9 Å². The van der Waals surface area contributed by atoms with Gasteiger partial charge in [0.25, 0.3) is 0 Å². The van der Waals surface area contributed by atoms with E-state index in [2.05, 4.69) is 50.1 Å². The highest BCUT2D eigenvalue weighted by atomic mass is 79.9. The maximum absolute atomic E-state index is 5.96. The topological polar surface area (TPSA) is 9.23 Å². The molecule has 0 radical (unpaired) electrons. The van der Waals surface area contributed by atoms with Crippen LogP contribution in [-0.2, 0) is 11.3 Å². The summed E-state index contributed by atoms with van der Waals surface area (Å²) in [6, 6.07) is 8.35. The predicted molar refractivity (Wildman–Crippen MR) is 83.1 cm³/mol. The van der Waals surface area contributed by atoms with Crippen LogP contribution in [0.4, 0.5) is 0 Å². The second kappa shape index (κ2) is 7.06. The molecule has 1 aliphatic rings. The number of hydrogen-bond acceptors (Lipinski definition) is 1. The Morgan fingerprint density at radius 2 is 1.94 bits per heavy atom. The van der Waals surface area contributed by atoms with Crippen molar-refractivity contribution in [2.24, 2.45) is 5.41 Å². The van der Waals surface area contributed by atoms with E-state index in [1.165, 1.54) is 37.7 Å². The molecule has 0 spiro atoms. The van der Waals surface area contributed by atoms with Crippen molar-refractivity contribution in [3.8, 4) is 0 Å². The highest BCUT2D eigenvalue weighted by Crippen LogP contribution is 2.38. The van der Waals surface area contributed by atoms with Crippen molar-refractivity contribution in [2.75, 3.05) is 11.9 Å². The second-order valence-electron chi connectivity index (χ2n) is 5.32. The van der Waals surface area contributed by atoms with E-state index in [0.717, 1.165) is 16.4 Å². The molecule has 0 bridgehead atoms. The smallest absolute Gasteiger partial charge is 0.0717 e. The normalized spacial score (nSPS) is 18.8. The first-order valence-electron chi connectivity index (χ1n) is 6.62. The third kappa shape index (κ3) is 4.07. The molecule has 1 aliphatic carbocycles. The van der Waals surface area contributed by atoms with Gasteiger partial charge in [0.05, 0.1) is 13.2 Å². The number of alkyl halides is 1. The molecule has 1 saturated carbocycles. The van der Waals surface area contributed by atoms with E-state index in [-0.39, 0.29) is 0 Å². The highest BCUT2D eigenvalue weighted by Gasteiger charge is 2.31. The van der Waals surface area contributed by atoms with Gasteiger partial charge in [-0.2, -0.15) is 0 Å². The average Bonchev–Trinajstić information content (AvgIpc) is 2.40. The Kier molecular flexibility index (Phi) is 5.71. The first-order chi connectivity index (χ1) is 8.74. The van der Waals surface area contributed by atoms with Crippen molar-refractivity contribution in [3.05, 3.63) is 34.3 Å². The quantitative estimate of drug-likeness (QED) is 0.633. The molecule has 1 aromatic carbocycles. The molecule has 0 aliphatic heterocycles. The second-order valence-corrected chi connectivity index (χ2v) is 6.79. The van der Waals surface area contributed by atoms with E-state index in [9.17, 15) is 0 Å². The van der Waals surface area contributed by atoms with Crippen LogP contribution in [0.2, 0.25) is 0 Å². The largest absolute Gasteiger partial charge is 0.376 e. The summed E-state index contributed by atoms with van der Waals surface area (Å²) in [6.45, 7) is 1.60. The summed E-state index contributed by atoms with van der Waals surface area (Å²) in [6.07, 6.45) is 6.70. The molecule has 0 saturated heterocycles. The summed E-state index contributed by atoms with van der Waals surface area (Å²) in [5.41, 5.74) is 1.62. The van der Waals surface area contributed by atoms with Gasteiger partial charge in [-0.15, -0.1) is 0 Å². The minimum absolute atomic E-state index is 0.379. The van der Waals surface area contributed by atoms with Gasteiger partial charge in [-0.1, -0.05) is 63.3 Å². The van der Waals surface area contributed by atoms with Crippen LogP contribution in [0.5, 0.6) is 0 Å². The van der Waals surface area contributed by atoms with Gasteiger partial charge in [-0.05, 0) is 30.5 Å². The number of hydrogen-bond donors (Lipinski definition) is 0. The molecule has 0 amide bonds. The van der Waals surface area contributed by atoms with Crippen molar-refractivity contribution in [3.63, 3.8) is 0 Å². The first-order valence-corrected chi connectivity index (χ1v) is 8.54. The molecular weight excluding hydrogens is 356 g/mol. The van der Waals surface area contributed by atoms with Crippen molar-refractivity contribution in [1.29, 1.82) is 0 Å². The van der Waals surface area contributed by atoms with Crippen LogP contribution < -0.4 is 0 Å². The molecule has 0 N–H and O–H groups in total. The standard InChI is InChI=1S/C15H20Br2O/c16-11-15(7-2-1-3-8-15)12-18-10-13-5-4-6-14(17)9-13/h4-6,9H,1-3,7-8,10-12H2. The predicted octanol–water partition coefficient (Wildman–Crippen LogP) is 5.31. The Labute approximate surface area is 127 Å². The van der Waals surface area contributed by atoms with Crippen molar-refractivity contribution in [2.45, 2.75) is 38.7 Å². The fraction of sp³-hybridized carbons (Fsp3) is 0.600. The number of benzene rings is 1. The SMILES string of the molecule is BrCC1(COCc2cccc(Br)c2)CCCCC1. The molecule has 100 valence electrons. The van der Waals surface area contributed by atoms with E-state index in [1.54, 1.807) is 0 Å². The third-order valence-corrected chi connectivity index (χ3v) is 5.45. The van der Waals surface area contributed by atoms with Gasteiger partial charge in [-0.3, -0.25) is 0 Å². The zero-order chi connectivity index (χ0) is 12.8. The van der Waals surface area contributed by atoms with Gasteiger partial charge in [-0.25, -0.2) is 0 Å². The van der Waals surface area contributed by atoms with Crippen molar-refractivity contribution < 1.29 is 4.74 Å². The number of halogens is 2. The lowest BCUT2D eigenvalue weighted by Crippen LogP contribution is -2.31. The van der Waals surface area contributed by atoms with Crippen LogP contribution >= 0.6 is 31.9 Å². The Bertz CT molecular complexity index is 373. The number of ether oxygens (including phenoxy) is 1. The van der Waals surface area contributed by atoms with Gasteiger partial charge < -0.3 is 4.74 Å². The minimum Gasteiger partial charge on any atom is -0.376 e. The average molecular weight is 376 g/mol. The Balaban J connectivity index is 1.83. The van der Waals surface area contributed by atoms with Gasteiger partial charge in [0.2, 0.25) is 0 Å². The molecule has 1 nitrogen and oxygen atoms in total. The summed E-state index contributed by atoms with van der Waals surface area (Å²) in [7, 11) is 0. The fourth-order valence-electron chi connectivity index (χ4n) is 2.63. The van der Waals surface area contributed by atoms with Crippen molar-refractivity contribution in [1.82, 2.24) is 0 Å². The summed E-state index contributed by atoms with van der Waals surface area (Å²) in [5.74, 6) is 0. The lowest BCUT2D eigenvalue weighted by molar-refractivity contribution is 0.0256. The number of rotatable bonds is 5. The summed E-state index contributed by atoms with van der Waals surface area (Å²) < 4.78 is 7.08. The monoisotopic (exact) mass is 374 g/mol. The minimum atomic E-state index is 0.379. The van der Waals surface area contributed by atoms with Crippen LogP contribution in [0.15, 0.2) is 28.7 Å². The van der Waals surface area contributed by atoms with E-state index >= 15 is 0 Å². The lowest BCUT2D eigenvalue weighted by Gasteiger charge is -2.35. The Morgan fingerprint density at radius 1 is 1.17 bits per heavy atom. The van der Waals surface area contributed by atoms with Crippen LogP contribution in [0.3, 0.4) is 0 Å². The summed E-state index contributed by atoms with van der Waals surface area (Å²) in [4.78, 5) is 0. The Hall–Kier alpha value is 0.140. The van der Waals surface area contributed by atoms with Gasteiger partial charge >= 0.3 is 0 Å². The van der Waals surface area contributed by atoms with Crippen LogP contribution in [0.1, 0.15) is 37.7 Å². The molecule has 3 heteroatoms. The zero-order valence-electron chi connectivity index (χ0n) is 10.6. The first kappa shape index (κ1) is 14.5. The molecule has 0 atom stereocenters. The molecule has 1 aromatic rings. The van der Waals surface area contributed by atoms with Crippen LogP contribution in [-0.4, -0.2) is 11.9 Å². The van der Waals surface area contributed by atoms with Crippen LogP contribution in [0.25, 0.3) is 0 Å². The lowest BCUT2D eigenvalue weighted by atomic mass is 9.76. The van der Waals surface area contributed by atoms with Gasteiger partial charge in [0.1, 0.15) is 0 Å².